The van der Waals surface area contributed by atoms with Crippen LogP contribution in [0, 0.1) is 11.8 Å². The van der Waals surface area contributed by atoms with E-state index in [1.54, 1.807) is 0 Å². The van der Waals surface area contributed by atoms with Crippen LogP contribution in [-0.2, 0) is 9.47 Å². The van der Waals surface area contributed by atoms with Gasteiger partial charge in [-0.15, -0.1) is 0 Å². The fourth-order valence-electron chi connectivity index (χ4n) is 4.03. The lowest BCUT2D eigenvalue weighted by Gasteiger charge is -2.33. The Morgan fingerprint density at radius 2 is 1.46 bits per heavy atom. The zero-order valence-corrected chi connectivity index (χ0v) is 16.3. The van der Waals surface area contributed by atoms with E-state index in [1.165, 1.54) is 64.8 Å². The number of piperidine rings is 2. The van der Waals surface area contributed by atoms with E-state index in [0.29, 0.717) is 6.10 Å². The van der Waals surface area contributed by atoms with Gasteiger partial charge >= 0.3 is 0 Å². The van der Waals surface area contributed by atoms with Gasteiger partial charge in [-0.1, -0.05) is 20.8 Å². The summed E-state index contributed by atoms with van der Waals surface area (Å²) in [5.41, 5.74) is 0. The molecule has 2 saturated heterocycles. The third-order valence-corrected chi connectivity index (χ3v) is 5.78. The van der Waals surface area contributed by atoms with Gasteiger partial charge in [0.1, 0.15) is 0 Å². The van der Waals surface area contributed by atoms with E-state index in [4.69, 9.17) is 9.47 Å². The number of ether oxygens (including phenoxy) is 2. The molecule has 4 nitrogen and oxygen atoms in total. The normalized spacial score (nSPS) is 22.5. The van der Waals surface area contributed by atoms with Crippen LogP contribution in [0.3, 0.4) is 0 Å². The standard InChI is InChI=1S/C20H40N2O2/c1-4-9-21-12-7-20(8-13-21)24-17-16-23-15-14-22-10-5-19(6-11-22)18(2)3/h18-20H,4-17H2,1-3H3. The smallest absolute Gasteiger partial charge is 0.0704 e. The average Bonchev–Trinajstić information content (AvgIpc) is 2.60. The molecule has 0 aromatic carbocycles. The van der Waals surface area contributed by atoms with Crippen molar-refractivity contribution < 1.29 is 9.47 Å². The zero-order chi connectivity index (χ0) is 17.2. The van der Waals surface area contributed by atoms with Gasteiger partial charge in [0.25, 0.3) is 0 Å². The van der Waals surface area contributed by atoms with Crippen molar-refractivity contribution in [3.63, 3.8) is 0 Å². The molecule has 2 heterocycles. The first-order chi connectivity index (χ1) is 11.7. The molecule has 0 amide bonds. The molecule has 0 aromatic heterocycles. The quantitative estimate of drug-likeness (QED) is 0.570. The molecule has 0 radical (unpaired) electrons. The first kappa shape index (κ1) is 20.2. The highest BCUT2D eigenvalue weighted by atomic mass is 16.5. The Morgan fingerprint density at radius 3 is 2.08 bits per heavy atom. The summed E-state index contributed by atoms with van der Waals surface area (Å²) in [4.78, 5) is 5.11. The molecule has 0 N–H and O–H groups in total. The van der Waals surface area contributed by atoms with Crippen LogP contribution in [0.1, 0.15) is 52.9 Å². The highest BCUT2D eigenvalue weighted by Crippen LogP contribution is 2.24. The van der Waals surface area contributed by atoms with Crippen LogP contribution >= 0.6 is 0 Å². The van der Waals surface area contributed by atoms with Gasteiger partial charge in [0.15, 0.2) is 0 Å². The number of hydrogen-bond donors (Lipinski definition) is 0. The van der Waals surface area contributed by atoms with Crippen LogP contribution in [0.2, 0.25) is 0 Å². The van der Waals surface area contributed by atoms with Gasteiger partial charge in [0.05, 0.1) is 25.9 Å². The molecule has 2 aliphatic heterocycles. The van der Waals surface area contributed by atoms with Crippen molar-refractivity contribution >= 4 is 0 Å². The first-order valence-electron chi connectivity index (χ1n) is 10.3. The third-order valence-electron chi connectivity index (χ3n) is 5.78. The molecule has 0 atom stereocenters. The van der Waals surface area contributed by atoms with Crippen LogP contribution < -0.4 is 0 Å². The van der Waals surface area contributed by atoms with Crippen molar-refractivity contribution in [1.82, 2.24) is 9.80 Å². The second-order valence-corrected chi connectivity index (χ2v) is 7.95. The molecular formula is C20H40N2O2. The molecular weight excluding hydrogens is 300 g/mol. The van der Waals surface area contributed by atoms with Crippen molar-refractivity contribution in [1.29, 1.82) is 0 Å². The Balaban J connectivity index is 1.41. The van der Waals surface area contributed by atoms with E-state index in [0.717, 1.165) is 38.2 Å². The van der Waals surface area contributed by atoms with E-state index in [1.807, 2.05) is 0 Å². The summed E-state index contributed by atoms with van der Waals surface area (Å²) in [7, 11) is 0. The molecule has 4 heteroatoms. The molecule has 2 rings (SSSR count). The van der Waals surface area contributed by atoms with Crippen LogP contribution in [-0.4, -0.2) is 75.0 Å². The van der Waals surface area contributed by atoms with Crippen molar-refractivity contribution in [3.05, 3.63) is 0 Å². The van der Waals surface area contributed by atoms with E-state index < -0.39 is 0 Å². The van der Waals surface area contributed by atoms with Gasteiger partial charge < -0.3 is 19.3 Å². The Bertz CT molecular complexity index is 309. The van der Waals surface area contributed by atoms with Gasteiger partial charge in [-0.25, -0.2) is 0 Å². The van der Waals surface area contributed by atoms with Gasteiger partial charge in [-0.3, -0.25) is 0 Å². The third kappa shape index (κ3) is 7.38. The highest BCUT2D eigenvalue weighted by molar-refractivity contribution is 4.74. The Morgan fingerprint density at radius 1 is 0.833 bits per heavy atom. The molecule has 0 aliphatic carbocycles. The monoisotopic (exact) mass is 340 g/mol. The predicted octanol–water partition coefficient (Wildman–Crippen LogP) is 3.26. The summed E-state index contributed by atoms with van der Waals surface area (Å²) in [6.07, 6.45) is 6.80. The number of nitrogens with zero attached hydrogens (tertiary/aromatic N) is 2. The van der Waals surface area contributed by atoms with Crippen molar-refractivity contribution in [2.75, 3.05) is 59.1 Å². The molecule has 0 unspecified atom stereocenters. The fourth-order valence-corrected chi connectivity index (χ4v) is 4.03. The number of hydrogen-bond acceptors (Lipinski definition) is 4. The van der Waals surface area contributed by atoms with Crippen molar-refractivity contribution in [2.45, 2.75) is 59.0 Å². The minimum atomic E-state index is 0.455. The lowest BCUT2D eigenvalue weighted by molar-refractivity contribution is -0.0254. The van der Waals surface area contributed by atoms with Crippen LogP contribution in [0.15, 0.2) is 0 Å². The summed E-state index contributed by atoms with van der Waals surface area (Å²) < 4.78 is 11.8. The maximum atomic E-state index is 5.98. The molecule has 0 aromatic rings. The Hall–Kier alpha value is -0.160. The maximum absolute atomic E-state index is 5.98. The minimum Gasteiger partial charge on any atom is -0.378 e. The molecule has 142 valence electrons. The fraction of sp³-hybridized carbons (Fsp3) is 1.00. The first-order valence-corrected chi connectivity index (χ1v) is 10.3. The predicted molar refractivity (Wildman–Crippen MR) is 101 cm³/mol. The molecule has 2 fully saturated rings. The summed E-state index contributed by atoms with van der Waals surface area (Å²) in [5.74, 6) is 1.77. The average molecular weight is 341 g/mol. The SMILES string of the molecule is CCCN1CCC(OCCOCCN2CCC(C(C)C)CC2)CC1. The topological polar surface area (TPSA) is 24.9 Å². The van der Waals surface area contributed by atoms with Gasteiger partial charge in [0.2, 0.25) is 0 Å². The van der Waals surface area contributed by atoms with E-state index >= 15 is 0 Å². The Kier molecular flexibility index (Phi) is 9.62. The minimum absolute atomic E-state index is 0.455. The zero-order valence-electron chi connectivity index (χ0n) is 16.3. The summed E-state index contributed by atoms with van der Waals surface area (Å²) in [6, 6.07) is 0. The maximum Gasteiger partial charge on any atom is 0.0704 e. The van der Waals surface area contributed by atoms with Gasteiger partial charge in [-0.05, 0) is 63.6 Å². The van der Waals surface area contributed by atoms with Crippen molar-refractivity contribution in [2.24, 2.45) is 11.8 Å². The second kappa shape index (κ2) is 11.5. The lowest BCUT2D eigenvalue weighted by Crippen LogP contribution is -2.38. The van der Waals surface area contributed by atoms with Gasteiger partial charge in [0, 0.05) is 19.6 Å². The number of rotatable bonds is 10. The molecule has 2 aliphatic rings. The molecule has 0 spiro atoms. The van der Waals surface area contributed by atoms with Crippen LogP contribution in [0.25, 0.3) is 0 Å². The van der Waals surface area contributed by atoms with E-state index in [9.17, 15) is 0 Å². The van der Waals surface area contributed by atoms with Crippen LogP contribution in [0.4, 0.5) is 0 Å². The van der Waals surface area contributed by atoms with Crippen LogP contribution in [0.5, 0.6) is 0 Å². The summed E-state index contributed by atoms with van der Waals surface area (Å²) in [5, 5.41) is 0. The molecule has 0 saturated carbocycles. The van der Waals surface area contributed by atoms with Gasteiger partial charge in [-0.2, -0.15) is 0 Å². The summed E-state index contributed by atoms with van der Waals surface area (Å²) in [6.45, 7) is 16.6. The second-order valence-electron chi connectivity index (χ2n) is 7.95. The molecule has 0 bridgehead atoms. The molecule has 24 heavy (non-hydrogen) atoms. The number of likely N-dealkylation sites (tertiary alicyclic amines) is 2. The lowest BCUT2D eigenvalue weighted by atomic mass is 9.87. The van der Waals surface area contributed by atoms with E-state index in [-0.39, 0.29) is 0 Å². The van der Waals surface area contributed by atoms with Crippen molar-refractivity contribution in [3.8, 4) is 0 Å². The largest absolute Gasteiger partial charge is 0.378 e. The summed E-state index contributed by atoms with van der Waals surface area (Å²) >= 11 is 0. The van der Waals surface area contributed by atoms with E-state index in [2.05, 4.69) is 30.6 Å². The Labute approximate surface area is 149 Å². The highest BCUT2D eigenvalue weighted by Gasteiger charge is 2.21.